The molecular formula is C6H5N5O7. The summed E-state index contributed by atoms with van der Waals surface area (Å²) in [5.74, 6) is 0. The molecule has 12 nitrogen and oxygen atoms in total. The minimum atomic E-state index is -1.68. The molecular weight excluding hydrogens is 254 g/mol. The second-order valence-electron chi connectivity index (χ2n) is 3.34. The molecule has 0 saturated carbocycles. The van der Waals surface area contributed by atoms with Crippen molar-refractivity contribution in [2.75, 3.05) is 0 Å². The van der Waals surface area contributed by atoms with E-state index in [2.05, 4.69) is 9.79 Å². The SMILES string of the molecule is O=[N+]([O-])C1=CC([N+](=O)[O-])c2no[n+]([O-])c2C1NO. The van der Waals surface area contributed by atoms with Crippen molar-refractivity contribution >= 4 is 0 Å². The number of hydroxylamine groups is 1. The van der Waals surface area contributed by atoms with Crippen LogP contribution in [0, 0.1) is 25.4 Å². The van der Waals surface area contributed by atoms with Crippen molar-refractivity contribution in [1.82, 2.24) is 10.6 Å². The lowest BCUT2D eigenvalue weighted by Crippen LogP contribution is -2.39. The Morgan fingerprint density at radius 3 is 2.67 bits per heavy atom. The second-order valence-corrected chi connectivity index (χ2v) is 3.34. The monoisotopic (exact) mass is 259 g/mol. The Morgan fingerprint density at radius 2 is 2.17 bits per heavy atom. The van der Waals surface area contributed by atoms with Gasteiger partial charge < -0.3 is 10.4 Å². The highest BCUT2D eigenvalue weighted by molar-refractivity contribution is 5.28. The highest BCUT2D eigenvalue weighted by atomic mass is 16.8. The molecule has 2 unspecified atom stereocenters. The maximum absolute atomic E-state index is 11.2. The van der Waals surface area contributed by atoms with Gasteiger partial charge in [0.25, 0.3) is 5.70 Å². The summed E-state index contributed by atoms with van der Waals surface area (Å²) in [7, 11) is 0. The highest BCUT2D eigenvalue weighted by Gasteiger charge is 2.49. The summed E-state index contributed by atoms with van der Waals surface area (Å²) in [5.41, 5.74) is -0.128. The van der Waals surface area contributed by atoms with Crippen LogP contribution in [0.4, 0.5) is 0 Å². The molecule has 0 saturated heterocycles. The van der Waals surface area contributed by atoms with E-state index in [4.69, 9.17) is 5.21 Å². The Bertz CT molecular complexity index is 551. The zero-order valence-electron chi connectivity index (χ0n) is 8.42. The molecule has 0 aliphatic heterocycles. The van der Waals surface area contributed by atoms with Crippen LogP contribution in [0.15, 0.2) is 16.4 Å². The van der Waals surface area contributed by atoms with E-state index in [1.54, 1.807) is 0 Å². The summed E-state index contributed by atoms with van der Waals surface area (Å²) < 4.78 is 4.16. The number of nitrogens with one attached hydrogen (secondary N) is 1. The van der Waals surface area contributed by atoms with Crippen molar-refractivity contribution in [3.8, 4) is 0 Å². The first-order chi connectivity index (χ1) is 8.47. The van der Waals surface area contributed by atoms with Crippen LogP contribution < -0.4 is 10.4 Å². The molecule has 2 N–H and O–H groups in total. The van der Waals surface area contributed by atoms with Crippen LogP contribution in [0.1, 0.15) is 23.5 Å². The number of aromatic nitrogens is 2. The summed E-state index contributed by atoms with van der Waals surface area (Å²) in [6.07, 6.45) is 0.679. The average Bonchev–Trinajstić information content (AvgIpc) is 2.69. The smallest absolute Gasteiger partial charge is 0.308 e. The van der Waals surface area contributed by atoms with Gasteiger partial charge >= 0.3 is 11.7 Å². The van der Waals surface area contributed by atoms with Gasteiger partial charge in [0.05, 0.1) is 11.0 Å². The van der Waals surface area contributed by atoms with Crippen LogP contribution >= 0.6 is 0 Å². The number of fused-ring (bicyclic) bond motifs is 1. The van der Waals surface area contributed by atoms with Crippen LogP contribution in [-0.4, -0.2) is 20.2 Å². The third-order valence-electron chi connectivity index (χ3n) is 2.42. The Balaban J connectivity index is 2.63. The predicted octanol–water partition coefficient (Wildman–Crippen LogP) is -1.18. The van der Waals surface area contributed by atoms with E-state index in [0.29, 0.717) is 6.08 Å². The van der Waals surface area contributed by atoms with E-state index in [1.165, 1.54) is 5.48 Å². The molecule has 18 heavy (non-hydrogen) atoms. The van der Waals surface area contributed by atoms with Crippen molar-refractivity contribution in [3.63, 3.8) is 0 Å². The molecule has 2 rings (SSSR count). The quantitative estimate of drug-likeness (QED) is 0.384. The standard InChI is InChI=1S/C6H5N5O7/c12-7-4-2(9(13)14)1-3(10(15)16)5-6(4)11(17)18-8-5/h1,3-4,7,12H. The van der Waals surface area contributed by atoms with E-state index in [1.807, 2.05) is 0 Å². The summed E-state index contributed by atoms with van der Waals surface area (Å²) in [6.45, 7) is 0. The van der Waals surface area contributed by atoms with E-state index >= 15 is 0 Å². The third kappa shape index (κ3) is 1.56. The van der Waals surface area contributed by atoms with E-state index in [-0.39, 0.29) is 4.90 Å². The molecule has 1 aromatic heterocycles. The Kier molecular flexibility index (Phi) is 2.64. The minimum Gasteiger partial charge on any atom is -0.359 e. The maximum atomic E-state index is 11.2. The molecule has 2 atom stereocenters. The largest absolute Gasteiger partial charge is 0.359 e. The zero-order valence-corrected chi connectivity index (χ0v) is 8.42. The Hall–Kier alpha value is -2.60. The van der Waals surface area contributed by atoms with Gasteiger partial charge in [-0.2, -0.15) is 5.48 Å². The molecule has 0 amide bonds. The lowest BCUT2D eigenvalue weighted by atomic mass is 9.97. The van der Waals surface area contributed by atoms with Gasteiger partial charge in [-0.05, 0) is 4.90 Å². The van der Waals surface area contributed by atoms with Gasteiger partial charge in [0.15, 0.2) is 6.04 Å². The minimum absolute atomic E-state index is 0.226. The highest BCUT2D eigenvalue weighted by Crippen LogP contribution is 2.34. The van der Waals surface area contributed by atoms with Crippen LogP contribution in [0.5, 0.6) is 0 Å². The lowest BCUT2D eigenvalue weighted by Gasteiger charge is -2.14. The summed E-state index contributed by atoms with van der Waals surface area (Å²) >= 11 is 0. The first kappa shape index (κ1) is 11.9. The van der Waals surface area contributed by atoms with E-state index < -0.39 is 39.0 Å². The van der Waals surface area contributed by atoms with Crippen molar-refractivity contribution in [3.05, 3.63) is 48.6 Å². The van der Waals surface area contributed by atoms with Gasteiger partial charge in [-0.25, -0.2) is 0 Å². The Morgan fingerprint density at radius 1 is 1.50 bits per heavy atom. The second kappa shape index (κ2) is 4.01. The van der Waals surface area contributed by atoms with Gasteiger partial charge in [-0.3, -0.25) is 24.9 Å². The van der Waals surface area contributed by atoms with Gasteiger partial charge in [0, 0.05) is 10.1 Å². The third-order valence-corrected chi connectivity index (χ3v) is 2.42. The van der Waals surface area contributed by atoms with Crippen molar-refractivity contribution in [2.24, 2.45) is 0 Å². The number of nitro groups is 2. The van der Waals surface area contributed by atoms with Gasteiger partial charge in [-0.15, -0.1) is 0 Å². The summed E-state index contributed by atoms with van der Waals surface area (Å²) in [5, 5.41) is 44.7. The predicted molar refractivity (Wildman–Crippen MR) is 47.9 cm³/mol. The fourth-order valence-corrected chi connectivity index (χ4v) is 1.66. The average molecular weight is 259 g/mol. The van der Waals surface area contributed by atoms with E-state index in [9.17, 15) is 25.4 Å². The van der Waals surface area contributed by atoms with Crippen LogP contribution in [0.25, 0.3) is 0 Å². The van der Waals surface area contributed by atoms with Crippen LogP contribution in [0.3, 0.4) is 0 Å². The molecule has 12 heteroatoms. The van der Waals surface area contributed by atoms with Crippen molar-refractivity contribution < 1.29 is 24.6 Å². The molecule has 0 bridgehead atoms. The lowest BCUT2D eigenvalue weighted by molar-refractivity contribution is -0.809. The molecule has 1 aromatic rings. The first-order valence-electron chi connectivity index (χ1n) is 4.46. The van der Waals surface area contributed by atoms with E-state index in [0.717, 1.165) is 0 Å². The molecule has 1 aliphatic carbocycles. The van der Waals surface area contributed by atoms with Crippen LogP contribution in [0.2, 0.25) is 0 Å². The molecule has 0 fully saturated rings. The number of nitrogens with zero attached hydrogens (tertiary/aromatic N) is 4. The molecule has 0 radical (unpaired) electrons. The molecule has 1 heterocycles. The maximum Gasteiger partial charge on any atom is 0.308 e. The first-order valence-corrected chi connectivity index (χ1v) is 4.46. The fourth-order valence-electron chi connectivity index (χ4n) is 1.66. The Labute approximate surface area is 96.9 Å². The summed E-state index contributed by atoms with van der Waals surface area (Å²) in [4.78, 5) is 19.5. The van der Waals surface area contributed by atoms with Gasteiger partial charge in [0.2, 0.25) is 5.69 Å². The van der Waals surface area contributed by atoms with Crippen LogP contribution in [-0.2, 0) is 0 Å². The van der Waals surface area contributed by atoms with Crippen molar-refractivity contribution in [2.45, 2.75) is 12.1 Å². The molecule has 0 spiro atoms. The molecule has 0 aromatic carbocycles. The number of hydrogen-bond acceptors (Lipinski definition) is 9. The number of hydrogen-bond donors (Lipinski definition) is 2. The molecule has 1 aliphatic rings. The number of rotatable bonds is 3. The van der Waals surface area contributed by atoms with Crippen molar-refractivity contribution in [1.29, 1.82) is 0 Å². The van der Waals surface area contributed by atoms with Gasteiger partial charge in [-0.1, -0.05) is 0 Å². The topological polar surface area (TPSA) is 172 Å². The zero-order chi connectivity index (χ0) is 13.4. The normalized spacial score (nSPS) is 22.2. The summed E-state index contributed by atoms with van der Waals surface area (Å²) in [6, 6.07) is -3.22. The fraction of sp³-hybridized carbons (Fsp3) is 0.333. The molecule has 96 valence electrons. The van der Waals surface area contributed by atoms with Gasteiger partial charge in [0.1, 0.15) is 0 Å².